The highest BCUT2D eigenvalue weighted by Gasteiger charge is 2.23. The van der Waals surface area contributed by atoms with Crippen molar-refractivity contribution < 1.29 is 9.47 Å². The van der Waals surface area contributed by atoms with E-state index in [0.29, 0.717) is 23.8 Å². The number of nitrogens with zero attached hydrogens (tertiary/aromatic N) is 4. The number of hydrogen-bond donors (Lipinski definition) is 1. The van der Waals surface area contributed by atoms with Crippen molar-refractivity contribution in [2.45, 2.75) is 44.8 Å². The normalized spacial score (nSPS) is 19.0. The van der Waals surface area contributed by atoms with Crippen molar-refractivity contribution in [2.24, 2.45) is 0 Å². The van der Waals surface area contributed by atoms with Gasteiger partial charge < -0.3 is 14.8 Å². The molecule has 1 N–H and O–H groups in total. The molecule has 2 aromatic heterocycles. The van der Waals surface area contributed by atoms with Crippen LogP contribution in [0.5, 0.6) is 17.5 Å². The highest BCUT2D eigenvalue weighted by molar-refractivity contribution is 5.34. The van der Waals surface area contributed by atoms with E-state index in [1.807, 2.05) is 43.3 Å². The zero-order valence-electron chi connectivity index (χ0n) is 15.8. The molecule has 1 fully saturated rings. The largest absolute Gasteiger partial charge is 0.473 e. The van der Waals surface area contributed by atoms with Gasteiger partial charge in [0.1, 0.15) is 11.9 Å². The maximum absolute atomic E-state index is 5.91. The van der Waals surface area contributed by atoms with Crippen LogP contribution in [0.4, 0.5) is 5.95 Å². The first-order valence-corrected chi connectivity index (χ1v) is 9.52. The van der Waals surface area contributed by atoms with Crippen LogP contribution in [-0.2, 0) is 0 Å². The number of rotatable bonds is 6. The Labute approximate surface area is 164 Å². The summed E-state index contributed by atoms with van der Waals surface area (Å²) < 4.78 is 11.8. The lowest BCUT2D eigenvalue weighted by atomic mass is 9.93. The molecule has 0 spiro atoms. The number of anilines is 1. The second-order valence-electron chi connectivity index (χ2n) is 6.87. The molecular weight excluding hydrogens is 354 g/mol. The minimum atomic E-state index is 0.171. The van der Waals surface area contributed by atoms with E-state index in [0.717, 1.165) is 37.1 Å². The number of aromatic nitrogens is 4. The molecule has 0 atom stereocenters. The third-order valence-electron chi connectivity index (χ3n) is 4.63. The molecule has 1 saturated carbocycles. The Bertz CT molecular complexity index is 884. The van der Waals surface area contributed by atoms with Crippen LogP contribution < -0.4 is 14.8 Å². The predicted molar refractivity (Wildman–Crippen MR) is 106 cm³/mol. The van der Waals surface area contributed by atoms with Gasteiger partial charge in [-0.25, -0.2) is 9.97 Å². The maximum Gasteiger partial charge on any atom is 0.232 e. The van der Waals surface area contributed by atoms with Gasteiger partial charge in [-0.2, -0.15) is 4.98 Å². The highest BCUT2D eigenvalue weighted by atomic mass is 16.5. The summed E-state index contributed by atoms with van der Waals surface area (Å²) in [7, 11) is 0. The van der Waals surface area contributed by atoms with Crippen molar-refractivity contribution in [1.82, 2.24) is 19.9 Å². The maximum atomic E-state index is 5.91. The highest BCUT2D eigenvalue weighted by Crippen LogP contribution is 2.26. The molecule has 0 radical (unpaired) electrons. The molecule has 144 valence electrons. The van der Waals surface area contributed by atoms with Crippen molar-refractivity contribution in [3.8, 4) is 17.5 Å². The summed E-state index contributed by atoms with van der Waals surface area (Å²) in [6, 6.07) is 11.8. The zero-order valence-corrected chi connectivity index (χ0v) is 15.8. The van der Waals surface area contributed by atoms with Crippen LogP contribution >= 0.6 is 0 Å². The lowest BCUT2D eigenvalue weighted by Crippen LogP contribution is -2.32. The monoisotopic (exact) mass is 377 g/mol. The summed E-state index contributed by atoms with van der Waals surface area (Å²) >= 11 is 0. The molecule has 0 bridgehead atoms. The van der Waals surface area contributed by atoms with Crippen molar-refractivity contribution in [1.29, 1.82) is 0 Å². The van der Waals surface area contributed by atoms with E-state index in [4.69, 9.17) is 9.47 Å². The van der Waals surface area contributed by atoms with Gasteiger partial charge in [-0.15, -0.1) is 0 Å². The van der Waals surface area contributed by atoms with Gasteiger partial charge in [0, 0.05) is 30.2 Å². The van der Waals surface area contributed by atoms with E-state index in [1.54, 1.807) is 18.6 Å². The van der Waals surface area contributed by atoms with Crippen LogP contribution in [0.1, 0.15) is 31.4 Å². The average Bonchev–Trinajstić information content (AvgIpc) is 2.71. The van der Waals surface area contributed by atoms with Crippen molar-refractivity contribution in [3.63, 3.8) is 0 Å². The van der Waals surface area contributed by atoms with Crippen LogP contribution in [-0.4, -0.2) is 32.1 Å². The van der Waals surface area contributed by atoms with Crippen molar-refractivity contribution in [3.05, 3.63) is 60.7 Å². The summed E-state index contributed by atoms with van der Waals surface area (Å²) in [6.07, 6.45) is 8.98. The minimum Gasteiger partial charge on any atom is -0.473 e. The molecule has 7 nitrogen and oxygen atoms in total. The molecule has 0 saturated heterocycles. The number of nitrogens with one attached hydrogen (secondary N) is 1. The first kappa shape index (κ1) is 18.2. The second kappa shape index (κ2) is 8.65. The summed E-state index contributed by atoms with van der Waals surface area (Å²) in [5, 5.41) is 3.45. The molecule has 1 aliphatic carbocycles. The predicted octanol–water partition coefficient (Wildman–Crippen LogP) is 4.17. The minimum absolute atomic E-state index is 0.171. The topological polar surface area (TPSA) is 82.0 Å². The summed E-state index contributed by atoms with van der Waals surface area (Å²) in [5.41, 5.74) is 0.864. The number of hydrogen-bond acceptors (Lipinski definition) is 7. The average molecular weight is 377 g/mol. The van der Waals surface area contributed by atoms with Gasteiger partial charge in [0.2, 0.25) is 17.7 Å². The van der Waals surface area contributed by atoms with E-state index < -0.39 is 0 Å². The van der Waals surface area contributed by atoms with Crippen LogP contribution in [0, 0.1) is 6.92 Å². The van der Waals surface area contributed by atoms with Crippen LogP contribution in [0.25, 0.3) is 0 Å². The molecule has 0 unspecified atom stereocenters. The molecular formula is C21H23N5O2. The fourth-order valence-electron chi connectivity index (χ4n) is 3.29. The molecule has 3 aromatic rings. The van der Waals surface area contributed by atoms with Crippen molar-refractivity contribution in [2.75, 3.05) is 5.32 Å². The smallest absolute Gasteiger partial charge is 0.232 e. The molecule has 0 amide bonds. The van der Waals surface area contributed by atoms with Gasteiger partial charge in [-0.05, 0) is 44.7 Å². The Morgan fingerprint density at radius 1 is 0.964 bits per heavy atom. The molecule has 2 heterocycles. The fraction of sp³-hybridized carbons (Fsp3) is 0.333. The van der Waals surface area contributed by atoms with Gasteiger partial charge >= 0.3 is 0 Å². The molecule has 7 heteroatoms. The first-order valence-electron chi connectivity index (χ1n) is 9.52. The van der Waals surface area contributed by atoms with Crippen molar-refractivity contribution >= 4 is 5.95 Å². The van der Waals surface area contributed by atoms with Gasteiger partial charge in [0.25, 0.3) is 0 Å². The Balaban J connectivity index is 1.33. The zero-order chi connectivity index (χ0) is 19.2. The Morgan fingerprint density at radius 3 is 2.54 bits per heavy atom. The Morgan fingerprint density at radius 2 is 1.79 bits per heavy atom. The van der Waals surface area contributed by atoms with E-state index in [-0.39, 0.29) is 6.10 Å². The van der Waals surface area contributed by atoms with E-state index in [9.17, 15) is 0 Å². The van der Waals surface area contributed by atoms with E-state index >= 15 is 0 Å². The van der Waals surface area contributed by atoms with Gasteiger partial charge in [0.15, 0.2) is 0 Å². The summed E-state index contributed by atoms with van der Waals surface area (Å²) in [5.74, 6) is 2.49. The first-order chi connectivity index (χ1) is 13.7. The Hall–Kier alpha value is -3.22. The van der Waals surface area contributed by atoms with Crippen LogP contribution in [0.3, 0.4) is 0 Å². The standard InChI is InChI=1S/C21H23N5O2/c1-15-13-19(27-17-5-3-2-4-6-17)26-21(24-15)25-16-7-9-18(10-8-16)28-20-14-22-11-12-23-20/h2-6,11-14,16,18H,7-10H2,1H3,(H,24,25,26). The summed E-state index contributed by atoms with van der Waals surface area (Å²) in [6.45, 7) is 1.94. The molecule has 28 heavy (non-hydrogen) atoms. The van der Waals surface area contributed by atoms with Crippen LogP contribution in [0.15, 0.2) is 55.0 Å². The van der Waals surface area contributed by atoms with E-state index in [1.165, 1.54) is 0 Å². The SMILES string of the molecule is Cc1cc(Oc2ccccc2)nc(NC2CCC(Oc3cnccn3)CC2)n1. The third kappa shape index (κ3) is 4.94. The van der Waals surface area contributed by atoms with E-state index in [2.05, 4.69) is 25.3 Å². The lowest BCUT2D eigenvalue weighted by Gasteiger charge is -2.29. The molecule has 1 aromatic carbocycles. The quantitative estimate of drug-likeness (QED) is 0.690. The molecule has 1 aliphatic rings. The fourth-order valence-corrected chi connectivity index (χ4v) is 3.29. The Kier molecular flexibility index (Phi) is 5.61. The van der Waals surface area contributed by atoms with Gasteiger partial charge in [-0.1, -0.05) is 18.2 Å². The summed E-state index contributed by atoms with van der Waals surface area (Å²) in [4.78, 5) is 17.2. The molecule has 4 rings (SSSR count). The number of ether oxygens (including phenoxy) is 2. The number of para-hydroxylation sites is 1. The lowest BCUT2D eigenvalue weighted by molar-refractivity contribution is 0.143. The second-order valence-corrected chi connectivity index (χ2v) is 6.87. The van der Waals surface area contributed by atoms with Gasteiger partial charge in [0.05, 0.1) is 6.20 Å². The van der Waals surface area contributed by atoms with Crippen LogP contribution in [0.2, 0.25) is 0 Å². The number of aryl methyl sites for hydroxylation is 1. The number of benzene rings is 1. The molecule has 0 aliphatic heterocycles. The third-order valence-corrected chi connectivity index (χ3v) is 4.63. The van der Waals surface area contributed by atoms with Gasteiger partial charge in [-0.3, -0.25) is 4.98 Å².